The van der Waals surface area contributed by atoms with Crippen LogP contribution < -0.4 is 15.5 Å². The minimum Gasteiger partial charge on any atom is -0.368 e. The van der Waals surface area contributed by atoms with Crippen molar-refractivity contribution in [1.82, 2.24) is 15.3 Å². The van der Waals surface area contributed by atoms with Crippen LogP contribution in [0.5, 0.6) is 0 Å². The van der Waals surface area contributed by atoms with Crippen molar-refractivity contribution in [3.8, 4) is 0 Å². The van der Waals surface area contributed by atoms with Crippen LogP contribution in [0, 0.1) is 6.92 Å². The van der Waals surface area contributed by atoms with E-state index in [1.165, 1.54) is 19.3 Å². The van der Waals surface area contributed by atoms with Gasteiger partial charge in [0.1, 0.15) is 11.9 Å². The number of carbonyl (C=O) groups is 1. The largest absolute Gasteiger partial charge is 0.368 e. The Balaban J connectivity index is 1.47. The molecule has 0 aromatic carbocycles. The summed E-state index contributed by atoms with van der Waals surface area (Å²) in [6.07, 6.45) is 5.26. The molecule has 0 spiro atoms. The Labute approximate surface area is 143 Å². The number of aryl methyl sites for hydroxylation is 1. The first-order chi connectivity index (χ1) is 11.7. The zero-order valence-electron chi connectivity index (χ0n) is 14.4. The molecule has 132 valence electrons. The lowest BCUT2D eigenvalue weighted by Gasteiger charge is -2.28. The number of piperidine rings is 1. The van der Waals surface area contributed by atoms with Gasteiger partial charge < -0.3 is 20.3 Å². The van der Waals surface area contributed by atoms with E-state index in [9.17, 15) is 4.79 Å². The summed E-state index contributed by atoms with van der Waals surface area (Å²) in [7, 11) is 0. The first-order valence-corrected chi connectivity index (χ1v) is 8.96. The van der Waals surface area contributed by atoms with Crippen molar-refractivity contribution >= 4 is 17.7 Å². The SMILES string of the molecule is Cc1cc(N2CCCCC2)nc(NCCNC(=O)C2CCCO2)n1. The van der Waals surface area contributed by atoms with Crippen molar-refractivity contribution in [3.05, 3.63) is 11.8 Å². The second kappa shape index (κ2) is 8.28. The van der Waals surface area contributed by atoms with Crippen LogP contribution in [0.25, 0.3) is 0 Å². The highest BCUT2D eigenvalue weighted by Gasteiger charge is 2.22. The summed E-state index contributed by atoms with van der Waals surface area (Å²) in [5, 5.41) is 6.10. The normalized spacial score (nSPS) is 20.9. The Bertz CT molecular complexity index is 554. The molecular formula is C17H27N5O2. The number of anilines is 2. The monoisotopic (exact) mass is 333 g/mol. The van der Waals surface area contributed by atoms with Crippen LogP contribution in [0.1, 0.15) is 37.8 Å². The highest BCUT2D eigenvalue weighted by molar-refractivity contribution is 5.80. The summed E-state index contributed by atoms with van der Waals surface area (Å²) < 4.78 is 5.37. The van der Waals surface area contributed by atoms with E-state index in [2.05, 4.69) is 25.5 Å². The zero-order chi connectivity index (χ0) is 16.8. The average Bonchev–Trinajstić information content (AvgIpc) is 3.14. The number of nitrogens with one attached hydrogen (secondary N) is 2. The Morgan fingerprint density at radius 3 is 2.83 bits per heavy atom. The number of hydrogen-bond donors (Lipinski definition) is 2. The lowest BCUT2D eigenvalue weighted by atomic mass is 10.1. The van der Waals surface area contributed by atoms with Gasteiger partial charge in [0.15, 0.2) is 0 Å². The van der Waals surface area contributed by atoms with Crippen LogP contribution in [0.2, 0.25) is 0 Å². The molecule has 2 fully saturated rings. The number of aromatic nitrogens is 2. The smallest absolute Gasteiger partial charge is 0.249 e. The van der Waals surface area contributed by atoms with Crippen LogP contribution >= 0.6 is 0 Å². The van der Waals surface area contributed by atoms with Gasteiger partial charge >= 0.3 is 0 Å². The molecule has 2 aliphatic heterocycles. The predicted molar refractivity (Wildman–Crippen MR) is 93.3 cm³/mol. The summed E-state index contributed by atoms with van der Waals surface area (Å²) in [5.41, 5.74) is 0.955. The van der Waals surface area contributed by atoms with E-state index >= 15 is 0 Å². The number of carbonyl (C=O) groups excluding carboxylic acids is 1. The quantitative estimate of drug-likeness (QED) is 0.768. The molecule has 1 amide bonds. The van der Waals surface area contributed by atoms with Crippen LogP contribution in [0.4, 0.5) is 11.8 Å². The summed E-state index contributed by atoms with van der Waals surface area (Å²) >= 11 is 0. The van der Waals surface area contributed by atoms with Crippen molar-refractivity contribution in [3.63, 3.8) is 0 Å². The van der Waals surface area contributed by atoms with Crippen LogP contribution in [0.3, 0.4) is 0 Å². The third-order valence-electron chi connectivity index (χ3n) is 4.45. The minimum absolute atomic E-state index is 0.0199. The van der Waals surface area contributed by atoms with Crippen LogP contribution in [0.15, 0.2) is 6.07 Å². The fraction of sp³-hybridized carbons (Fsp3) is 0.706. The van der Waals surface area contributed by atoms with E-state index in [0.29, 0.717) is 25.6 Å². The van der Waals surface area contributed by atoms with Crippen molar-refractivity contribution in [2.75, 3.05) is 43.0 Å². The fourth-order valence-corrected chi connectivity index (χ4v) is 3.17. The highest BCUT2D eigenvalue weighted by atomic mass is 16.5. The van der Waals surface area contributed by atoms with Gasteiger partial charge in [-0.05, 0) is 39.0 Å². The fourth-order valence-electron chi connectivity index (χ4n) is 3.17. The van der Waals surface area contributed by atoms with Crippen LogP contribution in [-0.4, -0.2) is 54.8 Å². The number of amides is 1. The van der Waals surface area contributed by atoms with Gasteiger partial charge in [0, 0.05) is 44.5 Å². The molecule has 3 rings (SSSR count). The summed E-state index contributed by atoms with van der Waals surface area (Å²) in [5.74, 6) is 1.60. The van der Waals surface area contributed by atoms with E-state index in [0.717, 1.165) is 37.4 Å². The molecule has 3 heterocycles. The van der Waals surface area contributed by atoms with Gasteiger partial charge in [0.05, 0.1) is 0 Å². The Morgan fingerprint density at radius 1 is 1.25 bits per heavy atom. The van der Waals surface area contributed by atoms with E-state index < -0.39 is 0 Å². The van der Waals surface area contributed by atoms with Crippen molar-refractivity contribution < 1.29 is 9.53 Å². The molecule has 0 radical (unpaired) electrons. The van der Waals surface area contributed by atoms with Gasteiger partial charge in [-0.2, -0.15) is 4.98 Å². The Hall–Kier alpha value is -1.89. The van der Waals surface area contributed by atoms with E-state index in [4.69, 9.17) is 4.74 Å². The third-order valence-corrected chi connectivity index (χ3v) is 4.45. The number of ether oxygens (including phenoxy) is 1. The van der Waals surface area contributed by atoms with Gasteiger partial charge in [0.2, 0.25) is 11.9 Å². The molecular weight excluding hydrogens is 306 g/mol. The maximum atomic E-state index is 11.9. The maximum Gasteiger partial charge on any atom is 0.249 e. The molecule has 1 atom stereocenters. The predicted octanol–water partition coefficient (Wildman–Crippen LogP) is 1.48. The molecule has 0 saturated carbocycles. The average molecular weight is 333 g/mol. The van der Waals surface area contributed by atoms with Gasteiger partial charge in [-0.1, -0.05) is 0 Å². The highest BCUT2D eigenvalue weighted by Crippen LogP contribution is 2.19. The molecule has 1 aromatic heterocycles. The van der Waals surface area contributed by atoms with Gasteiger partial charge in [-0.15, -0.1) is 0 Å². The standard InChI is InChI=1S/C17H27N5O2/c1-13-12-15(22-9-3-2-4-10-22)21-17(20-13)19-8-7-18-16(23)14-6-5-11-24-14/h12,14H,2-11H2,1H3,(H,18,23)(H,19,20,21). The maximum absolute atomic E-state index is 11.9. The van der Waals surface area contributed by atoms with E-state index in [1.54, 1.807) is 0 Å². The molecule has 2 N–H and O–H groups in total. The number of hydrogen-bond acceptors (Lipinski definition) is 6. The molecule has 0 aliphatic carbocycles. The third kappa shape index (κ3) is 4.56. The molecule has 1 unspecified atom stereocenters. The van der Waals surface area contributed by atoms with Crippen molar-refractivity contribution in [2.45, 2.75) is 45.1 Å². The molecule has 1 aromatic rings. The lowest BCUT2D eigenvalue weighted by molar-refractivity contribution is -0.129. The molecule has 0 bridgehead atoms. The molecule has 7 nitrogen and oxygen atoms in total. The van der Waals surface area contributed by atoms with E-state index in [-0.39, 0.29) is 12.0 Å². The van der Waals surface area contributed by atoms with E-state index in [1.807, 2.05) is 13.0 Å². The summed E-state index contributed by atoms with van der Waals surface area (Å²) in [6, 6.07) is 2.04. The second-order valence-corrected chi connectivity index (χ2v) is 6.46. The summed E-state index contributed by atoms with van der Waals surface area (Å²) in [4.78, 5) is 23.2. The van der Waals surface area contributed by atoms with Gasteiger partial charge in [-0.25, -0.2) is 4.98 Å². The Morgan fingerprint density at radius 2 is 2.08 bits per heavy atom. The second-order valence-electron chi connectivity index (χ2n) is 6.46. The van der Waals surface area contributed by atoms with Crippen molar-refractivity contribution in [1.29, 1.82) is 0 Å². The van der Waals surface area contributed by atoms with Crippen molar-refractivity contribution in [2.24, 2.45) is 0 Å². The number of rotatable bonds is 6. The first kappa shape index (κ1) is 17.0. The van der Waals surface area contributed by atoms with Crippen LogP contribution in [-0.2, 0) is 9.53 Å². The molecule has 7 heteroatoms. The number of nitrogens with zero attached hydrogens (tertiary/aromatic N) is 3. The molecule has 2 aliphatic rings. The molecule has 2 saturated heterocycles. The lowest BCUT2D eigenvalue weighted by Crippen LogP contribution is -2.37. The summed E-state index contributed by atoms with van der Waals surface area (Å²) in [6.45, 7) is 5.93. The molecule has 24 heavy (non-hydrogen) atoms. The Kier molecular flexibility index (Phi) is 5.85. The van der Waals surface area contributed by atoms with Gasteiger partial charge in [-0.3, -0.25) is 4.79 Å². The first-order valence-electron chi connectivity index (χ1n) is 8.96. The topological polar surface area (TPSA) is 79.4 Å². The zero-order valence-corrected chi connectivity index (χ0v) is 14.4. The van der Waals surface area contributed by atoms with Gasteiger partial charge in [0.25, 0.3) is 0 Å². The minimum atomic E-state index is -0.272.